The average Bonchev–Trinajstić information content (AvgIpc) is 3.04. The Kier molecular flexibility index (Phi) is 3.92. The van der Waals surface area contributed by atoms with Crippen LogP contribution >= 0.6 is 23.1 Å². The maximum absolute atomic E-state index is 12.8. The lowest BCUT2D eigenvalue weighted by molar-refractivity contribution is -0.136. The highest BCUT2D eigenvalue weighted by molar-refractivity contribution is 8.15. The number of nitrogens with zero attached hydrogens (tertiary/aromatic N) is 2. The smallest absolute Gasteiger partial charge is 0.303 e. The van der Waals surface area contributed by atoms with Crippen LogP contribution in [-0.4, -0.2) is 23.0 Å². The number of benzene rings is 1. The molecule has 1 fully saturated rings. The van der Waals surface area contributed by atoms with Crippen LogP contribution in [0.25, 0.3) is 10.1 Å². The maximum atomic E-state index is 12.8. The normalized spacial score (nSPS) is 17.8. The van der Waals surface area contributed by atoms with Crippen molar-refractivity contribution in [3.05, 3.63) is 34.7 Å². The minimum absolute atomic E-state index is 0.126. The first kappa shape index (κ1) is 15.0. The second kappa shape index (κ2) is 5.73. The highest BCUT2D eigenvalue weighted by Gasteiger charge is 2.33. The number of hydrogen-bond acceptors (Lipinski definition) is 5. The Balaban J connectivity index is 1.83. The molecule has 0 radical (unpaired) electrons. The minimum atomic E-state index is -4.35. The fourth-order valence-corrected chi connectivity index (χ4v) is 3.52. The predicted octanol–water partition coefficient (Wildman–Crippen LogP) is 3.47. The first-order valence-electron chi connectivity index (χ1n) is 6.05. The van der Waals surface area contributed by atoms with E-state index < -0.39 is 11.7 Å². The molecule has 1 aliphatic heterocycles. The van der Waals surface area contributed by atoms with Gasteiger partial charge in [0.2, 0.25) is 5.91 Å². The molecule has 0 saturated carbocycles. The van der Waals surface area contributed by atoms with Crippen LogP contribution in [0.4, 0.5) is 13.2 Å². The van der Waals surface area contributed by atoms with Gasteiger partial charge in [-0.3, -0.25) is 4.79 Å². The van der Waals surface area contributed by atoms with Crippen molar-refractivity contribution in [1.29, 1.82) is 0 Å². The van der Waals surface area contributed by atoms with Crippen LogP contribution in [0.2, 0.25) is 0 Å². The molecule has 2 aromatic rings. The molecule has 0 spiro atoms. The Labute approximate surface area is 131 Å². The fourth-order valence-electron chi connectivity index (χ4n) is 1.87. The molecule has 2 heterocycles. The largest absolute Gasteiger partial charge is 0.417 e. The van der Waals surface area contributed by atoms with E-state index in [1.54, 1.807) is 12.1 Å². The highest BCUT2D eigenvalue weighted by Crippen LogP contribution is 2.38. The predicted molar refractivity (Wildman–Crippen MR) is 82.5 cm³/mol. The number of hydrogen-bond donors (Lipinski definition) is 1. The summed E-state index contributed by atoms with van der Waals surface area (Å²) in [6.07, 6.45) is -2.91. The van der Waals surface area contributed by atoms with E-state index in [0.29, 0.717) is 21.2 Å². The van der Waals surface area contributed by atoms with Gasteiger partial charge in [-0.2, -0.15) is 18.3 Å². The zero-order valence-electron chi connectivity index (χ0n) is 10.8. The molecule has 22 heavy (non-hydrogen) atoms. The minimum Gasteiger partial charge on any atom is -0.303 e. The van der Waals surface area contributed by atoms with Crippen LogP contribution in [0.5, 0.6) is 0 Å². The van der Waals surface area contributed by atoms with Gasteiger partial charge in [-0.05, 0) is 11.6 Å². The van der Waals surface area contributed by atoms with Crippen molar-refractivity contribution in [1.82, 2.24) is 5.32 Å². The van der Waals surface area contributed by atoms with Crippen LogP contribution in [0, 0.1) is 0 Å². The number of alkyl halides is 3. The number of nitrogens with one attached hydrogen (secondary N) is 1. The average molecular weight is 343 g/mol. The van der Waals surface area contributed by atoms with E-state index in [1.807, 2.05) is 0 Å². The Morgan fingerprint density at radius 3 is 2.82 bits per heavy atom. The SMILES string of the molecule is O=C1CSC(=NN=Cc2ccc3c(C(F)(F)F)csc3c2)N1. The second-order valence-corrected chi connectivity index (χ2v) is 6.26. The Morgan fingerprint density at radius 2 is 2.14 bits per heavy atom. The van der Waals surface area contributed by atoms with Gasteiger partial charge in [-0.25, -0.2) is 0 Å². The van der Waals surface area contributed by atoms with E-state index in [4.69, 9.17) is 0 Å². The number of thioether (sulfide) groups is 1. The molecule has 0 atom stereocenters. The van der Waals surface area contributed by atoms with Crippen molar-refractivity contribution >= 4 is 50.5 Å². The first-order valence-corrected chi connectivity index (χ1v) is 7.92. The van der Waals surface area contributed by atoms with Crippen molar-refractivity contribution in [2.75, 3.05) is 5.75 Å². The quantitative estimate of drug-likeness (QED) is 0.670. The van der Waals surface area contributed by atoms with Gasteiger partial charge in [-0.15, -0.1) is 16.4 Å². The lowest BCUT2D eigenvalue weighted by atomic mass is 10.1. The van der Waals surface area contributed by atoms with Crippen molar-refractivity contribution in [2.24, 2.45) is 10.2 Å². The second-order valence-electron chi connectivity index (χ2n) is 4.39. The van der Waals surface area contributed by atoms with Crippen LogP contribution in [0.3, 0.4) is 0 Å². The molecule has 1 aromatic heterocycles. The molecule has 1 N–H and O–H groups in total. The topological polar surface area (TPSA) is 53.8 Å². The number of fused-ring (bicyclic) bond motifs is 1. The van der Waals surface area contributed by atoms with Crippen LogP contribution in [0.15, 0.2) is 33.8 Å². The summed E-state index contributed by atoms with van der Waals surface area (Å²) in [7, 11) is 0. The van der Waals surface area contributed by atoms with Crippen LogP contribution < -0.4 is 5.32 Å². The molecule has 1 saturated heterocycles. The van der Waals surface area contributed by atoms with E-state index in [2.05, 4.69) is 15.5 Å². The summed E-state index contributed by atoms with van der Waals surface area (Å²) >= 11 is 2.28. The lowest BCUT2D eigenvalue weighted by Crippen LogP contribution is -2.19. The van der Waals surface area contributed by atoms with Gasteiger partial charge < -0.3 is 5.32 Å². The summed E-state index contributed by atoms with van der Waals surface area (Å²) in [6.45, 7) is 0. The van der Waals surface area contributed by atoms with E-state index in [0.717, 1.165) is 16.7 Å². The van der Waals surface area contributed by atoms with E-state index >= 15 is 0 Å². The molecular formula is C13H8F3N3OS2. The number of amidine groups is 1. The molecule has 0 unspecified atom stereocenters. The third kappa shape index (κ3) is 3.14. The molecule has 1 aromatic carbocycles. The Bertz CT molecular complexity index is 795. The van der Waals surface area contributed by atoms with Gasteiger partial charge in [0, 0.05) is 15.5 Å². The number of carbonyl (C=O) groups excluding carboxylic acids is 1. The van der Waals surface area contributed by atoms with Crippen molar-refractivity contribution in [2.45, 2.75) is 6.18 Å². The molecule has 9 heteroatoms. The van der Waals surface area contributed by atoms with Gasteiger partial charge >= 0.3 is 6.18 Å². The summed E-state index contributed by atoms with van der Waals surface area (Å²) in [6, 6.07) is 4.60. The van der Waals surface area contributed by atoms with E-state index in [-0.39, 0.29) is 11.3 Å². The van der Waals surface area contributed by atoms with E-state index in [9.17, 15) is 18.0 Å². The maximum Gasteiger partial charge on any atom is 0.417 e. The number of rotatable bonds is 2. The highest BCUT2D eigenvalue weighted by atomic mass is 32.2. The van der Waals surface area contributed by atoms with Gasteiger partial charge in [-0.1, -0.05) is 23.9 Å². The van der Waals surface area contributed by atoms with Crippen LogP contribution in [-0.2, 0) is 11.0 Å². The summed E-state index contributed by atoms with van der Waals surface area (Å²) < 4.78 is 38.9. The van der Waals surface area contributed by atoms with Crippen LogP contribution in [0.1, 0.15) is 11.1 Å². The summed E-state index contributed by atoms with van der Waals surface area (Å²) in [4.78, 5) is 11.0. The molecule has 4 nitrogen and oxygen atoms in total. The Hall–Kier alpha value is -1.87. The van der Waals surface area contributed by atoms with Gasteiger partial charge in [0.15, 0.2) is 5.17 Å². The molecule has 1 aliphatic rings. The van der Waals surface area contributed by atoms with Gasteiger partial charge in [0.25, 0.3) is 0 Å². The number of halogens is 3. The molecule has 0 bridgehead atoms. The first-order chi connectivity index (χ1) is 10.4. The summed E-state index contributed by atoms with van der Waals surface area (Å²) in [5.74, 6) is 0.189. The monoisotopic (exact) mass is 343 g/mol. The summed E-state index contributed by atoms with van der Waals surface area (Å²) in [5, 5.41) is 11.9. The zero-order valence-corrected chi connectivity index (χ0v) is 12.5. The molecule has 114 valence electrons. The molecule has 3 rings (SSSR count). The van der Waals surface area contributed by atoms with Gasteiger partial charge in [0.05, 0.1) is 17.5 Å². The molecule has 0 aliphatic carbocycles. The number of thiophene rings is 1. The number of carbonyl (C=O) groups is 1. The van der Waals surface area contributed by atoms with Crippen molar-refractivity contribution in [3.8, 4) is 0 Å². The number of amides is 1. The molecule has 1 amide bonds. The third-order valence-electron chi connectivity index (χ3n) is 2.85. The van der Waals surface area contributed by atoms with Crippen molar-refractivity contribution < 1.29 is 18.0 Å². The van der Waals surface area contributed by atoms with Crippen molar-refractivity contribution in [3.63, 3.8) is 0 Å². The Morgan fingerprint density at radius 1 is 1.32 bits per heavy atom. The summed E-state index contributed by atoms with van der Waals surface area (Å²) in [5.41, 5.74) is 0.0167. The standard InChI is InChI=1S/C13H8F3N3OS2/c14-13(15,16)9-5-21-10-3-7(1-2-8(9)10)4-17-19-12-18-11(20)6-22-12/h1-5H,6H2,(H,18,19,20). The van der Waals surface area contributed by atoms with Gasteiger partial charge in [0.1, 0.15) is 0 Å². The van der Waals surface area contributed by atoms with E-state index in [1.165, 1.54) is 24.0 Å². The fraction of sp³-hybridized carbons (Fsp3) is 0.154. The zero-order chi connectivity index (χ0) is 15.7. The third-order valence-corrected chi connectivity index (χ3v) is 4.66. The lowest BCUT2D eigenvalue weighted by Gasteiger charge is -2.04. The molecular weight excluding hydrogens is 335 g/mol.